The summed E-state index contributed by atoms with van der Waals surface area (Å²) in [5, 5.41) is 9.80. The summed E-state index contributed by atoms with van der Waals surface area (Å²) in [6.07, 6.45) is 3.66. The lowest BCUT2D eigenvalue weighted by Crippen LogP contribution is -2.57. The monoisotopic (exact) mass is 439 g/mol. The van der Waals surface area contributed by atoms with E-state index in [0.717, 1.165) is 0 Å². The van der Waals surface area contributed by atoms with Crippen molar-refractivity contribution in [3.05, 3.63) is 40.4 Å². The third-order valence-corrected chi connectivity index (χ3v) is 5.06. The number of hydrogen-bond donors (Lipinski definition) is 2. The van der Waals surface area contributed by atoms with Gasteiger partial charge in [-0.05, 0) is 31.5 Å². The molecular weight excluding hydrogens is 421 g/mol. The second-order valence-corrected chi connectivity index (χ2v) is 7.74. The van der Waals surface area contributed by atoms with Crippen molar-refractivity contribution >= 4 is 52.4 Å². The van der Waals surface area contributed by atoms with Crippen molar-refractivity contribution in [2.45, 2.75) is 31.4 Å². The number of halogens is 2. The van der Waals surface area contributed by atoms with E-state index in [0.29, 0.717) is 27.9 Å². The third-order valence-electron chi connectivity index (χ3n) is 4.62. The van der Waals surface area contributed by atoms with Crippen molar-refractivity contribution < 1.29 is 24.0 Å². The van der Waals surface area contributed by atoms with E-state index in [9.17, 15) is 14.4 Å². The fraction of sp³-hybridized carbons (Fsp3) is 0.368. The molecule has 2 amide bonds. The van der Waals surface area contributed by atoms with E-state index < -0.39 is 29.4 Å². The number of hydrogen-bond acceptors (Lipinski definition) is 6. The molecular formula is C19H19Cl2N3O5. The van der Waals surface area contributed by atoms with Gasteiger partial charge in [-0.2, -0.15) is 0 Å². The van der Waals surface area contributed by atoms with Crippen LogP contribution in [0.5, 0.6) is 0 Å². The number of nitrogens with one attached hydrogen (secondary N) is 2. The van der Waals surface area contributed by atoms with Crippen LogP contribution in [0.25, 0.3) is 0 Å². The predicted molar refractivity (Wildman–Crippen MR) is 108 cm³/mol. The van der Waals surface area contributed by atoms with Gasteiger partial charge in [-0.1, -0.05) is 40.5 Å². The van der Waals surface area contributed by atoms with Crippen LogP contribution in [-0.4, -0.2) is 42.2 Å². The van der Waals surface area contributed by atoms with Crippen molar-refractivity contribution in [3.63, 3.8) is 0 Å². The van der Waals surface area contributed by atoms with Crippen LogP contribution in [-0.2, 0) is 24.0 Å². The minimum Gasteiger partial charge on any atom is -0.469 e. The maximum absolute atomic E-state index is 13.0. The Kier molecular flexibility index (Phi) is 6.14. The van der Waals surface area contributed by atoms with Crippen LogP contribution in [0.4, 0.5) is 5.69 Å². The standard InChI is InChI=1S/C19H19Cl2N3O5/c1-10-9-19(29-24-10,18(27)23-15-7-12(20)6-13(21)8-15)17(26)22-14-4-3-11(5-14)16(25)28-2/h3-4,6-8,11,14H,5,9H2,1-2H3,(H,22,26)(H,23,27)/t11?,14-,19?/m0/s1. The molecule has 1 heterocycles. The highest BCUT2D eigenvalue weighted by Crippen LogP contribution is 2.29. The van der Waals surface area contributed by atoms with Crippen LogP contribution >= 0.6 is 23.2 Å². The second kappa shape index (κ2) is 8.42. The van der Waals surface area contributed by atoms with Gasteiger partial charge in [0.1, 0.15) is 0 Å². The van der Waals surface area contributed by atoms with Gasteiger partial charge in [0.25, 0.3) is 17.4 Å². The highest BCUT2D eigenvalue weighted by Gasteiger charge is 2.53. The zero-order valence-electron chi connectivity index (χ0n) is 15.7. The molecule has 0 radical (unpaired) electrons. The van der Waals surface area contributed by atoms with Crippen LogP contribution in [0.1, 0.15) is 19.8 Å². The highest BCUT2D eigenvalue weighted by molar-refractivity contribution is 6.35. The number of ether oxygens (including phenoxy) is 1. The smallest absolute Gasteiger partial charge is 0.312 e. The van der Waals surface area contributed by atoms with Crippen molar-refractivity contribution in [2.24, 2.45) is 11.1 Å². The maximum atomic E-state index is 13.0. The average Bonchev–Trinajstić information content (AvgIpc) is 3.27. The van der Waals surface area contributed by atoms with Gasteiger partial charge in [-0.3, -0.25) is 14.4 Å². The first kappa shape index (κ1) is 21.1. The lowest BCUT2D eigenvalue weighted by Gasteiger charge is -2.26. The quantitative estimate of drug-likeness (QED) is 0.416. The molecule has 2 unspecified atom stereocenters. The van der Waals surface area contributed by atoms with Gasteiger partial charge < -0.3 is 20.2 Å². The van der Waals surface area contributed by atoms with Crippen LogP contribution in [0.2, 0.25) is 10.0 Å². The van der Waals surface area contributed by atoms with E-state index in [1.165, 1.54) is 25.3 Å². The van der Waals surface area contributed by atoms with Crippen molar-refractivity contribution in [1.82, 2.24) is 5.32 Å². The minimum atomic E-state index is -1.88. The van der Waals surface area contributed by atoms with Gasteiger partial charge in [0.05, 0.1) is 25.2 Å². The van der Waals surface area contributed by atoms with Crippen LogP contribution in [0, 0.1) is 5.92 Å². The van der Waals surface area contributed by atoms with Gasteiger partial charge in [-0.15, -0.1) is 0 Å². The van der Waals surface area contributed by atoms with E-state index in [1.54, 1.807) is 19.1 Å². The molecule has 2 N–H and O–H groups in total. The number of benzene rings is 1. The Labute approximate surface area is 177 Å². The third kappa shape index (κ3) is 4.54. The van der Waals surface area contributed by atoms with Crippen LogP contribution < -0.4 is 10.6 Å². The average molecular weight is 440 g/mol. The first-order chi connectivity index (χ1) is 13.7. The number of methoxy groups -OCH3 is 1. The summed E-state index contributed by atoms with van der Waals surface area (Å²) in [6, 6.07) is 4.08. The van der Waals surface area contributed by atoms with Crippen LogP contribution in [0.3, 0.4) is 0 Å². The summed E-state index contributed by atoms with van der Waals surface area (Å²) in [6.45, 7) is 1.65. The predicted octanol–water partition coefficient (Wildman–Crippen LogP) is 2.70. The molecule has 8 nitrogen and oxygen atoms in total. The Balaban J connectivity index is 1.74. The molecule has 3 rings (SSSR count). The Morgan fingerprint density at radius 1 is 1.17 bits per heavy atom. The molecule has 0 spiro atoms. The number of carbonyl (C=O) groups is 3. The van der Waals surface area contributed by atoms with Crippen LogP contribution in [0.15, 0.2) is 35.5 Å². The summed E-state index contributed by atoms with van der Waals surface area (Å²) in [7, 11) is 1.30. The highest BCUT2D eigenvalue weighted by atomic mass is 35.5. The Morgan fingerprint density at radius 3 is 2.45 bits per heavy atom. The number of rotatable bonds is 5. The molecule has 1 aromatic carbocycles. The summed E-state index contributed by atoms with van der Waals surface area (Å²) in [5.74, 6) is -2.21. The number of carbonyl (C=O) groups excluding carboxylic acids is 3. The largest absolute Gasteiger partial charge is 0.469 e. The molecule has 29 heavy (non-hydrogen) atoms. The van der Waals surface area contributed by atoms with Gasteiger partial charge >= 0.3 is 5.97 Å². The maximum Gasteiger partial charge on any atom is 0.312 e. The number of esters is 1. The topological polar surface area (TPSA) is 106 Å². The lowest BCUT2D eigenvalue weighted by molar-refractivity contribution is -0.155. The first-order valence-electron chi connectivity index (χ1n) is 8.80. The zero-order valence-corrected chi connectivity index (χ0v) is 17.2. The number of anilines is 1. The molecule has 0 fully saturated rings. The minimum absolute atomic E-state index is 0.0180. The molecule has 0 aromatic heterocycles. The Hall–Kier alpha value is -2.58. The first-order valence-corrected chi connectivity index (χ1v) is 9.55. The summed E-state index contributed by atoms with van der Waals surface area (Å²) >= 11 is 11.9. The van der Waals surface area contributed by atoms with E-state index in [1.807, 2.05) is 0 Å². The van der Waals surface area contributed by atoms with E-state index >= 15 is 0 Å². The molecule has 0 saturated carbocycles. The molecule has 3 atom stereocenters. The summed E-state index contributed by atoms with van der Waals surface area (Å²) in [5.41, 5.74) is -1.07. The fourth-order valence-corrected chi connectivity index (χ4v) is 3.73. The van der Waals surface area contributed by atoms with Gasteiger partial charge in [0.2, 0.25) is 0 Å². The van der Waals surface area contributed by atoms with Gasteiger partial charge in [0.15, 0.2) is 0 Å². The number of amides is 2. The number of nitrogens with zero attached hydrogens (tertiary/aromatic N) is 1. The molecule has 0 saturated heterocycles. The molecule has 10 heteroatoms. The fourth-order valence-electron chi connectivity index (χ4n) is 3.20. The zero-order chi connectivity index (χ0) is 21.2. The van der Waals surface area contributed by atoms with Gasteiger partial charge in [0, 0.05) is 21.8 Å². The molecule has 0 bridgehead atoms. The normalized spacial score (nSPS) is 25.2. The summed E-state index contributed by atoms with van der Waals surface area (Å²) < 4.78 is 4.71. The second-order valence-electron chi connectivity index (χ2n) is 6.86. The van der Waals surface area contributed by atoms with E-state index in [2.05, 4.69) is 15.8 Å². The SMILES string of the molecule is COC(=O)C1C=C[C@H](NC(=O)C2(C(=O)Nc3cc(Cl)cc(Cl)c3)CC(C)=NO2)C1. The van der Waals surface area contributed by atoms with Gasteiger partial charge in [-0.25, -0.2) is 0 Å². The molecule has 1 aliphatic heterocycles. The molecule has 1 aromatic rings. The van der Waals surface area contributed by atoms with Crippen molar-refractivity contribution in [1.29, 1.82) is 0 Å². The molecule has 154 valence electrons. The lowest BCUT2D eigenvalue weighted by atomic mass is 9.94. The van der Waals surface area contributed by atoms with E-state index in [-0.39, 0.29) is 12.4 Å². The summed E-state index contributed by atoms with van der Waals surface area (Å²) in [4.78, 5) is 43.0. The van der Waals surface area contributed by atoms with Crippen molar-refractivity contribution in [3.8, 4) is 0 Å². The molecule has 2 aliphatic rings. The Morgan fingerprint density at radius 2 is 1.86 bits per heavy atom. The van der Waals surface area contributed by atoms with E-state index in [4.69, 9.17) is 32.8 Å². The Bertz CT molecular complexity index is 897. The van der Waals surface area contributed by atoms with Crippen molar-refractivity contribution in [2.75, 3.05) is 12.4 Å². The number of oxime groups is 1. The molecule has 1 aliphatic carbocycles.